The number of sulfonamides is 1. The van der Waals surface area contributed by atoms with Gasteiger partial charge in [0.1, 0.15) is 0 Å². The van der Waals surface area contributed by atoms with E-state index in [4.69, 9.17) is 0 Å². The van der Waals surface area contributed by atoms with Gasteiger partial charge < -0.3 is 5.32 Å². The Morgan fingerprint density at radius 3 is 2.95 bits per heavy atom. The molecule has 0 aromatic heterocycles. The van der Waals surface area contributed by atoms with Gasteiger partial charge in [-0.1, -0.05) is 12.1 Å². The average Bonchev–Trinajstić information content (AvgIpc) is 2.41. The first-order valence-electron chi connectivity index (χ1n) is 6.46. The molecule has 0 bridgehead atoms. The molecule has 1 aromatic carbocycles. The van der Waals surface area contributed by atoms with Gasteiger partial charge in [0.25, 0.3) is 0 Å². The molecule has 1 atom stereocenters. The van der Waals surface area contributed by atoms with Gasteiger partial charge in [0.15, 0.2) is 0 Å². The summed E-state index contributed by atoms with van der Waals surface area (Å²) in [6.45, 7) is 4.30. The van der Waals surface area contributed by atoms with Gasteiger partial charge in [-0.2, -0.15) is 0 Å². The molecule has 1 unspecified atom stereocenters. The molecule has 1 fully saturated rings. The van der Waals surface area contributed by atoms with Crippen LogP contribution in [-0.2, 0) is 10.0 Å². The summed E-state index contributed by atoms with van der Waals surface area (Å²) in [5.74, 6) is 0.382. The Balaban J connectivity index is 2.07. The van der Waals surface area contributed by atoms with Crippen LogP contribution in [0.25, 0.3) is 0 Å². The second kappa shape index (κ2) is 6.35. The lowest BCUT2D eigenvalue weighted by Gasteiger charge is -2.23. The van der Waals surface area contributed by atoms with E-state index in [-0.39, 0.29) is 0 Å². The molecule has 2 N–H and O–H groups in total. The zero-order valence-corrected chi connectivity index (χ0v) is 13.4. The third-order valence-corrected chi connectivity index (χ3v) is 6.19. The first kappa shape index (κ1) is 15.0. The van der Waals surface area contributed by atoms with Gasteiger partial charge in [0, 0.05) is 11.0 Å². The lowest BCUT2D eigenvalue weighted by atomic mass is 10.0. The summed E-state index contributed by atoms with van der Waals surface area (Å²) in [4.78, 5) is 0.316. The molecule has 6 heteroatoms. The number of rotatable bonds is 4. The molecule has 106 valence electrons. The SMILES string of the molecule is Cc1cccc(S(=O)(=O)NCC2CCCNC2)c1Br. The number of hydrogen-bond donors (Lipinski definition) is 2. The van der Waals surface area contributed by atoms with E-state index in [1.54, 1.807) is 12.1 Å². The molecule has 1 aliphatic heterocycles. The van der Waals surface area contributed by atoms with Crippen LogP contribution in [0, 0.1) is 12.8 Å². The van der Waals surface area contributed by atoms with Crippen molar-refractivity contribution >= 4 is 26.0 Å². The molecule has 1 saturated heterocycles. The maximum absolute atomic E-state index is 12.3. The third kappa shape index (κ3) is 3.78. The Morgan fingerprint density at radius 1 is 1.47 bits per heavy atom. The van der Waals surface area contributed by atoms with Crippen LogP contribution >= 0.6 is 15.9 Å². The van der Waals surface area contributed by atoms with Gasteiger partial charge in [0.2, 0.25) is 10.0 Å². The highest BCUT2D eigenvalue weighted by molar-refractivity contribution is 9.10. The van der Waals surface area contributed by atoms with Gasteiger partial charge in [-0.25, -0.2) is 13.1 Å². The second-order valence-corrected chi connectivity index (χ2v) is 7.48. The molecule has 0 aliphatic carbocycles. The predicted molar refractivity (Wildman–Crippen MR) is 79.7 cm³/mol. The predicted octanol–water partition coefficient (Wildman–Crippen LogP) is 2.04. The van der Waals surface area contributed by atoms with E-state index in [2.05, 4.69) is 26.0 Å². The molecular weight excluding hydrogens is 328 g/mol. The monoisotopic (exact) mass is 346 g/mol. The standard InChI is InChI=1S/C13H19BrN2O2S/c1-10-4-2-6-12(13(10)14)19(17,18)16-9-11-5-3-7-15-8-11/h2,4,6,11,15-16H,3,5,7-9H2,1H3. The molecule has 1 aromatic rings. The smallest absolute Gasteiger partial charge is 0.241 e. The summed E-state index contributed by atoms with van der Waals surface area (Å²) < 4.78 is 27.9. The zero-order chi connectivity index (χ0) is 13.9. The summed E-state index contributed by atoms with van der Waals surface area (Å²) in [5, 5.41) is 3.29. The largest absolute Gasteiger partial charge is 0.316 e. The van der Waals surface area contributed by atoms with Crippen LogP contribution in [0.4, 0.5) is 0 Å². The van der Waals surface area contributed by atoms with Crippen molar-refractivity contribution < 1.29 is 8.42 Å². The number of hydrogen-bond acceptors (Lipinski definition) is 3. The van der Waals surface area contributed by atoms with Crippen molar-refractivity contribution in [1.82, 2.24) is 10.0 Å². The van der Waals surface area contributed by atoms with Crippen molar-refractivity contribution in [3.63, 3.8) is 0 Å². The number of piperidine rings is 1. The van der Waals surface area contributed by atoms with E-state index in [9.17, 15) is 8.42 Å². The molecule has 0 radical (unpaired) electrons. The Bertz CT molecular complexity index is 540. The van der Waals surface area contributed by atoms with Crippen LogP contribution in [0.15, 0.2) is 27.6 Å². The van der Waals surface area contributed by atoms with Gasteiger partial charge in [-0.3, -0.25) is 0 Å². The van der Waals surface area contributed by atoms with Crippen LogP contribution in [-0.4, -0.2) is 28.1 Å². The Hall–Kier alpha value is -0.430. The first-order chi connectivity index (χ1) is 9.00. The van der Waals surface area contributed by atoms with Crippen LogP contribution < -0.4 is 10.0 Å². The number of aryl methyl sites for hydroxylation is 1. The molecule has 2 rings (SSSR count). The molecule has 4 nitrogen and oxygen atoms in total. The van der Waals surface area contributed by atoms with Gasteiger partial charge in [0.05, 0.1) is 4.90 Å². The van der Waals surface area contributed by atoms with Gasteiger partial charge in [-0.05, 0) is 66.3 Å². The van der Waals surface area contributed by atoms with Gasteiger partial charge in [-0.15, -0.1) is 0 Å². The quantitative estimate of drug-likeness (QED) is 0.876. The van der Waals surface area contributed by atoms with E-state index < -0.39 is 10.0 Å². The summed E-state index contributed by atoms with van der Waals surface area (Å²) in [6.07, 6.45) is 2.19. The summed E-state index contributed by atoms with van der Waals surface area (Å²) >= 11 is 3.35. The highest BCUT2D eigenvalue weighted by Gasteiger charge is 2.21. The normalized spacial score (nSPS) is 20.4. The molecule has 0 spiro atoms. The molecular formula is C13H19BrN2O2S. The number of halogens is 1. The zero-order valence-electron chi connectivity index (χ0n) is 10.9. The Labute approximate surface area is 123 Å². The number of nitrogens with one attached hydrogen (secondary N) is 2. The molecule has 0 saturated carbocycles. The highest BCUT2D eigenvalue weighted by Crippen LogP contribution is 2.25. The minimum Gasteiger partial charge on any atom is -0.316 e. The van der Waals surface area contributed by atoms with Crippen molar-refractivity contribution in [2.75, 3.05) is 19.6 Å². The second-order valence-electron chi connectivity index (χ2n) is 4.95. The van der Waals surface area contributed by atoms with Crippen molar-refractivity contribution in [1.29, 1.82) is 0 Å². The fraction of sp³-hybridized carbons (Fsp3) is 0.538. The van der Waals surface area contributed by atoms with E-state index in [1.165, 1.54) is 0 Å². The topological polar surface area (TPSA) is 58.2 Å². The average molecular weight is 347 g/mol. The maximum atomic E-state index is 12.3. The summed E-state index contributed by atoms with van der Waals surface area (Å²) in [6, 6.07) is 5.27. The van der Waals surface area contributed by atoms with E-state index in [1.807, 2.05) is 13.0 Å². The van der Waals surface area contributed by atoms with Crippen molar-refractivity contribution in [3.05, 3.63) is 28.2 Å². The van der Waals surface area contributed by atoms with Crippen LogP contribution in [0.2, 0.25) is 0 Å². The van der Waals surface area contributed by atoms with Crippen LogP contribution in [0.5, 0.6) is 0 Å². The molecule has 1 aliphatic rings. The lowest BCUT2D eigenvalue weighted by Crippen LogP contribution is -2.38. The van der Waals surface area contributed by atoms with Crippen LogP contribution in [0.1, 0.15) is 18.4 Å². The van der Waals surface area contributed by atoms with E-state index >= 15 is 0 Å². The van der Waals surface area contributed by atoms with Crippen molar-refractivity contribution in [3.8, 4) is 0 Å². The third-order valence-electron chi connectivity index (χ3n) is 3.41. The molecule has 19 heavy (non-hydrogen) atoms. The fourth-order valence-corrected chi connectivity index (χ4v) is 4.40. The minimum atomic E-state index is -3.44. The van der Waals surface area contributed by atoms with E-state index in [0.29, 0.717) is 21.8 Å². The maximum Gasteiger partial charge on any atom is 0.241 e. The Morgan fingerprint density at radius 2 is 2.26 bits per heavy atom. The number of benzene rings is 1. The first-order valence-corrected chi connectivity index (χ1v) is 8.74. The summed E-state index contributed by atoms with van der Waals surface area (Å²) in [5.41, 5.74) is 0.919. The fourth-order valence-electron chi connectivity index (χ4n) is 2.23. The Kier molecular flexibility index (Phi) is 5.00. The van der Waals surface area contributed by atoms with E-state index in [0.717, 1.165) is 31.5 Å². The molecule has 1 heterocycles. The highest BCUT2D eigenvalue weighted by atomic mass is 79.9. The van der Waals surface area contributed by atoms with Crippen molar-refractivity contribution in [2.24, 2.45) is 5.92 Å². The van der Waals surface area contributed by atoms with Gasteiger partial charge >= 0.3 is 0 Å². The molecule has 0 amide bonds. The lowest BCUT2D eigenvalue weighted by molar-refractivity contribution is 0.376. The van der Waals surface area contributed by atoms with Crippen LogP contribution in [0.3, 0.4) is 0 Å². The van der Waals surface area contributed by atoms with Crippen molar-refractivity contribution in [2.45, 2.75) is 24.7 Å². The summed E-state index contributed by atoms with van der Waals surface area (Å²) in [7, 11) is -3.44. The minimum absolute atomic E-state index is 0.316.